The molecule has 3 aliphatic heterocycles. The predicted octanol–water partition coefficient (Wildman–Crippen LogP) is 2.11. The highest BCUT2D eigenvalue weighted by atomic mass is 32.2. The summed E-state index contributed by atoms with van der Waals surface area (Å²) in [6.07, 6.45) is 6.60. The second kappa shape index (κ2) is 7.73. The summed E-state index contributed by atoms with van der Waals surface area (Å²) < 4.78 is 34.6. The van der Waals surface area contributed by atoms with E-state index < -0.39 is 15.4 Å². The lowest BCUT2D eigenvalue weighted by Gasteiger charge is -2.36. The van der Waals surface area contributed by atoms with Gasteiger partial charge in [-0.2, -0.15) is 4.31 Å². The zero-order valence-electron chi connectivity index (χ0n) is 19.4. The summed E-state index contributed by atoms with van der Waals surface area (Å²) in [5, 5.41) is 2.83. The molecule has 1 saturated carbocycles. The second-order valence-electron chi connectivity index (χ2n) is 10.3. The van der Waals surface area contributed by atoms with Gasteiger partial charge in [-0.25, -0.2) is 13.4 Å². The Labute approximate surface area is 199 Å². The third kappa shape index (κ3) is 3.68. The molecule has 3 fully saturated rings. The molecule has 2 atom stereocenters. The first-order valence-corrected chi connectivity index (χ1v) is 13.3. The first kappa shape index (κ1) is 21.9. The van der Waals surface area contributed by atoms with Gasteiger partial charge in [-0.3, -0.25) is 14.7 Å². The number of nitrogens with zero attached hydrogens (tertiary/aromatic N) is 4. The minimum atomic E-state index is -3.67. The average molecular weight is 484 g/mol. The van der Waals surface area contributed by atoms with E-state index in [0.717, 1.165) is 24.2 Å². The Hall–Kier alpha value is -2.56. The fourth-order valence-electron chi connectivity index (χ4n) is 5.28. The number of carbonyl (C=O) groups excluding carboxylic acids is 1. The quantitative estimate of drug-likeness (QED) is 0.695. The zero-order chi connectivity index (χ0) is 23.7. The summed E-state index contributed by atoms with van der Waals surface area (Å²) in [5.41, 5.74) is 1.69. The molecule has 180 valence electrons. The highest BCUT2D eigenvalue weighted by molar-refractivity contribution is 7.89. The molecule has 10 heteroatoms. The zero-order valence-corrected chi connectivity index (χ0v) is 20.2. The predicted molar refractivity (Wildman–Crippen MR) is 125 cm³/mol. The number of nitrogens with one attached hydrogen (secondary N) is 1. The van der Waals surface area contributed by atoms with Crippen LogP contribution >= 0.6 is 0 Å². The number of hydrogen-bond donors (Lipinski definition) is 1. The number of anilines is 1. The molecule has 0 spiro atoms. The Kier molecular flexibility index (Phi) is 4.98. The Balaban J connectivity index is 1.14. The number of piperazine rings is 1. The van der Waals surface area contributed by atoms with E-state index in [1.54, 1.807) is 28.7 Å². The van der Waals surface area contributed by atoms with Crippen molar-refractivity contribution in [1.29, 1.82) is 0 Å². The van der Waals surface area contributed by atoms with E-state index >= 15 is 0 Å². The third-order valence-corrected chi connectivity index (χ3v) is 9.45. The highest BCUT2D eigenvalue weighted by Crippen LogP contribution is 2.40. The summed E-state index contributed by atoms with van der Waals surface area (Å²) in [6.45, 7) is 5.89. The lowest BCUT2D eigenvalue weighted by Crippen LogP contribution is -2.51. The van der Waals surface area contributed by atoms with Gasteiger partial charge in [0.05, 0.1) is 28.4 Å². The van der Waals surface area contributed by atoms with Gasteiger partial charge in [-0.15, -0.1) is 0 Å². The van der Waals surface area contributed by atoms with Gasteiger partial charge in [0.25, 0.3) is 0 Å². The van der Waals surface area contributed by atoms with E-state index in [9.17, 15) is 13.2 Å². The number of aromatic nitrogens is 2. The molecule has 4 heterocycles. The minimum absolute atomic E-state index is 0.0355. The summed E-state index contributed by atoms with van der Waals surface area (Å²) in [5.74, 6) is 0.973. The van der Waals surface area contributed by atoms with Gasteiger partial charge in [0, 0.05) is 50.2 Å². The van der Waals surface area contributed by atoms with E-state index in [4.69, 9.17) is 4.74 Å². The molecule has 2 aromatic rings. The molecular weight excluding hydrogens is 454 g/mol. The number of amides is 1. The van der Waals surface area contributed by atoms with E-state index in [0.29, 0.717) is 37.1 Å². The van der Waals surface area contributed by atoms with Gasteiger partial charge >= 0.3 is 0 Å². The van der Waals surface area contributed by atoms with Crippen LogP contribution in [0.15, 0.2) is 35.5 Å². The molecule has 0 radical (unpaired) electrons. The Morgan fingerprint density at radius 1 is 1.12 bits per heavy atom. The van der Waals surface area contributed by atoms with Crippen molar-refractivity contribution in [2.45, 2.75) is 61.5 Å². The van der Waals surface area contributed by atoms with Gasteiger partial charge in [0.15, 0.2) is 0 Å². The Morgan fingerprint density at radius 3 is 2.68 bits per heavy atom. The van der Waals surface area contributed by atoms with E-state index in [1.165, 1.54) is 12.8 Å². The maximum atomic E-state index is 13.5. The molecule has 1 N–H and O–H groups in total. The fourth-order valence-corrected chi connectivity index (χ4v) is 6.77. The normalized spacial score (nSPS) is 26.7. The molecule has 9 nitrogen and oxygen atoms in total. The molecule has 1 aliphatic carbocycles. The molecule has 6 rings (SSSR count). The van der Waals surface area contributed by atoms with Crippen LogP contribution in [0.3, 0.4) is 0 Å². The maximum Gasteiger partial charge on any atom is 0.243 e. The molecule has 34 heavy (non-hydrogen) atoms. The van der Waals surface area contributed by atoms with Crippen LogP contribution in [0.4, 0.5) is 5.69 Å². The van der Waals surface area contributed by atoms with Gasteiger partial charge < -0.3 is 10.1 Å². The molecule has 1 amide bonds. The number of benzene rings is 1. The average Bonchev–Trinajstić information content (AvgIpc) is 3.54. The second-order valence-corrected chi connectivity index (χ2v) is 12.3. The van der Waals surface area contributed by atoms with E-state index in [-0.39, 0.29) is 22.9 Å². The standard InChI is InChI=1S/C24H29N5O4S/c1-24(2)19-10-18(5-6-20(19)27-23(24)30)34(31,32)29-8-7-28-14-17(9-16(28)13-29)33-22-12-25-21(11-26-22)15-3-4-15/h5-6,10-12,15-17H,3-4,7-9,13-14H2,1-2H3,(H,27,30)/t16-,17+/m0/s1. The number of fused-ring (bicyclic) bond motifs is 2. The maximum absolute atomic E-state index is 13.5. The Bertz CT molecular complexity index is 1240. The number of hydrogen-bond acceptors (Lipinski definition) is 7. The van der Waals surface area contributed by atoms with Crippen molar-refractivity contribution in [2.24, 2.45) is 0 Å². The van der Waals surface area contributed by atoms with Crippen molar-refractivity contribution in [3.63, 3.8) is 0 Å². The molecule has 2 saturated heterocycles. The van der Waals surface area contributed by atoms with Crippen LogP contribution in [-0.4, -0.2) is 71.8 Å². The highest BCUT2D eigenvalue weighted by Gasteiger charge is 2.43. The Morgan fingerprint density at radius 2 is 1.94 bits per heavy atom. The van der Waals surface area contributed by atoms with Gasteiger partial charge in [0.2, 0.25) is 21.8 Å². The first-order chi connectivity index (χ1) is 16.2. The van der Waals surface area contributed by atoms with Crippen LogP contribution in [-0.2, 0) is 20.2 Å². The summed E-state index contributed by atoms with van der Waals surface area (Å²) in [4.78, 5) is 23.7. The fraction of sp³-hybridized carbons (Fsp3) is 0.542. The van der Waals surface area contributed by atoms with Crippen molar-refractivity contribution in [3.8, 4) is 5.88 Å². The van der Waals surface area contributed by atoms with E-state index in [2.05, 4.69) is 20.2 Å². The molecule has 1 aromatic heterocycles. The molecule has 0 bridgehead atoms. The van der Waals surface area contributed by atoms with Gasteiger partial charge in [0.1, 0.15) is 6.10 Å². The topological polar surface area (TPSA) is 105 Å². The largest absolute Gasteiger partial charge is 0.472 e. The van der Waals surface area contributed by atoms with Crippen molar-refractivity contribution in [1.82, 2.24) is 19.2 Å². The summed E-state index contributed by atoms with van der Waals surface area (Å²) in [7, 11) is -3.67. The van der Waals surface area contributed by atoms with Crippen molar-refractivity contribution in [3.05, 3.63) is 41.9 Å². The van der Waals surface area contributed by atoms with Crippen LogP contribution in [0.1, 0.15) is 50.3 Å². The van der Waals surface area contributed by atoms with Crippen LogP contribution in [0.2, 0.25) is 0 Å². The number of carbonyl (C=O) groups is 1. The third-order valence-electron chi connectivity index (χ3n) is 7.59. The molecule has 4 aliphatic rings. The van der Waals surface area contributed by atoms with Gasteiger partial charge in [-0.1, -0.05) is 0 Å². The number of rotatable bonds is 5. The molecular formula is C24H29N5O4S. The lowest BCUT2D eigenvalue weighted by atomic mass is 9.86. The number of sulfonamides is 1. The SMILES string of the molecule is CC1(C)C(=O)Nc2ccc(S(=O)(=O)N3CCN4C[C@H](Oc5cnc(C6CC6)cn5)C[C@H]4C3)cc21. The smallest absolute Gasteiger partial charge is 0.243 e. The molecule has 0 unspecified atom stereocenters. The van der Waals surface area contributed by atoms with Crippen LogP contribution in [0, 0.1) is 0 Å². The molecule has 1 aromatic carbocycles. The van der Waals surface area contributed by atoms with Crippen molar-refractivity contribution in [2.75, 3.05) is 31.5 Å². The number of ether oxygens (including phenoxy) is 1. The lowest BCUT2D eigenvalue weighted by molar-refractivity contribution is -0.119. The summed E-state index contributed by atoms with van der Waals surface area (Å²) in [6, 6.07) is 5.04. The van der Waals surface area contributed by atoms with Crippen LogP contribution < -0.4 is 10.1 Å². The first-order valence-electron chi connectivity index (χ1n) is 11.9. The van der Waals surface area contributed by atoms with E-state index in [1.807, 2.05) is 20.0 Å². The summed E-state index contributed by atoms with van der Waals surface area (Å²) >= 11 is 0. The van der Waals surface area contributed by atoms with Crippen molar-refractivity contribution < 1.29 is 17.9 Å². The minimum Gasteiger partial charge on any atom is -0.472 e. The monoisotopic (exact) mass is 483 g/mol. The van der Waals surface area contributed by atoms with Crippen LogP contribution in [0.5, 0.6) is 5.88 Å². The van der Waals surface area contributed by atoms with Crippen molar-refractivity contribution >= 4 is 21.6 Å². The van der Waals surface area contributed by atoms with Gasteiger partial charge in [-0.05, 0) is 50.5 Å². The van der Waals surface area contributed by atoms with Crippen LogP contribution in [0.25, 0.3) is 0 Å².